The van der Waals surface area contributed by atoms with Crippen LogP contribution in [0.1, 0.15) is 35.8 Å². The molecule has 1 fully saturated rings. The number of esters is 1. The van der Waals surface area contributed by atoms with Crippen LogP contribution in [0.3, 0.4) is 0 Å². The molecule has 7 heteroatoms. The normalized spacial score (nSPS) is 19.5. The predicted octanol–water partition coefficient (Wildman–Crippen LogP) is 3.47. The number of amides is 1. The van der Waals surface area contributed by atoms with Gasteiger partial charge in [-0.3, -0.25) is 4.79 Å². The lowest BCUT2D eigenvalue weighted by molar-refractivity contribution is -0.919. The van der Waals surface area contributed by atoms with Crippen molar-refractivity contribution in [2.75, 3.05) is 25.5 Å². The molecule has 0 saturated carbocycles. The van der Waals surface area contributed by atoms with E-state index in [2.05, 4.69) is 34.6 Å². The number of anilines is 1. The fourth-order valence-corrected chi connectivity index (χ4v) is 4.77. The van der Waals surface area contributed by atoms with Gasteiger partial charge in [0.05, 0.1) is 25.9 Å². The smallest absolute Gasteiger partial charge is 0.356 e. The molecule has 0 aliphatic carbocycles. The molecule has 0 spiro atoms. The Bertz CT molecular complexity index is 1100. The standard InChI is InChI=1S/C25H28ClN3O3/c1-16(29-12-10-18(11-13-29)14-17-6-4-3-5-7-17)24(30)28-22-20-15-19(26)8-9-21(20)27-23(22)25(31)32-2/h3-9,15-16,18,27H,10-14H2,1-2H3,(H,28,30)/p+1/t16-/m0/s1. The van der Waals surface area contributed by atoms with Crippen LogP contribution in [-0.2, 0) is 16.0 Å². The first-order chi connectivity index (χ1) is 15.5. The first-order valence-corrected chi connectivity index (χ1v) is 11.4. The van der Waals surface area contributed by atoms with Crippen LogP contribution in [0.4, 0.5) is 5.69 Å². The maximum absolute atomic E-state index is 13.1. The highest BCUT2D eigenvalue weighted by atomic mass is 35.5. The number of piperidine rings is 1. The van der Waals surface area contributed by atoms with Gasteiger partial charge in [0.15, 0.2) is 6.04 Å². The van der Waals surface area contributed by atoms with E-state index in [0.717, 1.165) is 32.4 Å². The Balaban J connectivity index is 1.43. The maximum atomic E-state index is 13.1. The number of carbonyl (C=O) groups is 2. The summed E-state index contributed by atoms with van der Waals surface area (Å²) in [6.45, 7) is 3.85. The second kappa shape index (κ2) is 9.76. The van der Waals surface area contributed by atoms with Crippen molar-refractivity contribution in [3.05, 3.63) is 64.8 Å². The van der Waals surface area contributed by atoms with E-state index >= 15 is 0 Å². The molecule has 0 radical (unpaired) electrons. The first-order valence-electron chi connectivity index (χ1n) is 11.0. The lowest BCUT2D eigenvalue weighted by atomic mass is 9.89. The van der Waals surface area contributed by atoms with Crippen molar-refractivity contribution in [2.45, 2.75) is 32.2 Å². The molecule has 1 saturated heterocycles. The molecule has 0 unspecified atom stereocenters. The summed E-state index contributed by atoms with van der Waals surface area (Å²) in [5.74, 6) is -0.0000146. The molecule has 2 aromatic carbocycles. The van der Waals surface area contributed by atoms with Crippen LogP contribution >= 0.6 is 11.6 Å². The highest BCUT2D eigenvalue weighted by molar-refractivity contribution is 6.31. The van der Waals surface area contributed by atoms with E-state index in [1.807, 2.05) is 13.0 Å². The van der Waals surface area contributed by atoms with E-state index in [-0.39, 0.29) is 17.6 Å². The number of ether oxygens (including phenoxy) is 1. The van der Waals surface area contributed by atoms with Gasteiger partial charge in [-0.2, -0.15) is 0 Å². The van der Waals surface area contributed by atoms with Crippen LogP contribution in [0.25, 0.3) is 10.9 Å². The highest BCUT2D eigenvalue weighted by Gasteiger charge is 2.31. The third-order valence-corrected chi connectivity index (χ3v) is 6.75. The molecule has 32 heavy (non-hydrogen) atoms. The number of aromatic amines is 1. The number of aromatic nitrogens is 1. The minimum atomic E-state index is -0.533. The lowest BCUT2D eigenvalue weighted by Crippen LogP contribution is -3.17. The average molecular weight is 455 g/mol. The molecule has 1 aliphatic heterocycles. The molecule has 1 amide bonds. The summed E-state index contributed by atoms with van der Waals surface area (Å²) >= 11 is 6.16. The van der Waals surface area contributed by atoms with Crippen molar-refractivity contribution in [2.24, 2.45) is 5.92 Å². The molecule has 1 aromatic heterocycles. The number of hydrogen-bond acceptors (Lipinski definition) is 3. The van der Waals surface area contributed by atoms with Crippen molar-refractivity contribution in [1.82, 2.24) is 4.98 Å². The first kappa shape index (κ1) is 22.4. The number of nitrogens with one attached hydrogen (secondary N) is 3. The second-order valence-corrected chi connectivity index (χ2v) is 9.00. The van der Waals surface area contributed by atoms with E-state index < -0.39 is 5.97 Å². The molecular formula is C25H29ClN3O3+. The van der Waals surface area contributed by atoms with E-state index in [1.54, 1.807) is 18.2 Å². The van der Waals surface area contributed by atoms with Gasteiger partial charge in [-0.1, -0.05) is 41.9 Å². The molecule has 1 aliphatic rings. The van der Waals surface area contributed by atoms with Gasteiger partial charge in [0.25, 0.3) is 5.91 Å². The van der Waals surface area contributed by atoms with Crippen LogP contribution in [0.5, 0.6) is 0 Å². The van der Waals surface area contributed by atoms with E-state index in [9.17, 15) is 9.59 Å². The average Bonchev–Trinajstić information content (AvgIpc) is 3.16. The Hall–Kier alpha value is -2.83. The zero-order chi connectivity index (χ0) is 22.7. The van der Waals surface area contributed by atoms with Crippen LogP contribution in [0, 0.1) is 5.92 Å². The number of methoxy groups -OCH3 is 1. The van der Waals surface area contributed by atoms with Gasteiger partial charge >= 0.3 is 5.97 Å². The quantitative estimate of drug-likeness (QED) is 0.499. The Labute approximate surface area is 192 Å². The van der Waals surface area contributed by atoms with Gasteiger partial charge in [-0.15, -0.1) is 0 Å². The summed E-state index contributed by atoms with van der Waals surface area (Å²) in [4.78, 5) is 29.7. The monoisotopic (exact) mass is 454 g/mol. The number of likely N-dealkylation sites (tertiary alicyclic amines) is 1. The lowest BCUT2D eigenvalue weighted by Gasteiger charge is -2.32. The zero-order valence-electron chi connectivity index (χ0n) is 18.4. The molecule has 2 heterocycles. The Morgan fingerprint density at radius 1 is 1.19 bits per heavy atom. The summed E-state index contributed by atoms with van der Waals surface area (Å²) in [5, 5.41) is 4.19. The van der Waals surface area contributed by atoms with Gasteiger partial charge < -0.3 is 19.9 Å². The molecule has 168 valence electrons. The van der Waals surface area contributed by atoms with E-state index in [4.69, 9.17) is 16.3 Å². The van der Waals surface area contributed by atoms with E-state index in [1.165, 1.54) is 17.6 Å². The molecule has 3 N–H and O–H groups in total. The van der Waals surface area contributed by atoms with Gasteiger partial charge in [-0.25, -0.2) is 4.79 Å². The van der Waals surface area contributed by atoms with E-state index in [0.29, 0.717) is 27.5 Å². The Kier molecular flexibility index (Phi) is 6.82. The summed E-state index contributed by atoms with van der Waals surface area (Å²) in [5.41, 5.74) is 2.73. The van der Waals surface area contributed by atoms with Gasteiger partial charge in [0.2, 0.25) is 0 Å². The van der Waals surface area contributed by atoms with Crippen molar-refractivity contribution in [1.29, 1.82) is 0 Å². The second-order valence-electron chi connectivity index (χ2n) is 8.56. The van der Waals surface area contributed by atoms with Gasteiger partial charge in [-0.05, 0) is 55.9 Å². The summed E-state index contributed by atoms with van der Waals surface area (Å²) < 4.78 is 4.90. The van der Waals surface area contributed by atoms with Crippen molar-refractivity contribution in [3.8, 4) is 0 Å². The third kappa shape index (κ3) is 4.81. The molecular weight excluding hydrogens is 426 g/mol. The number of hydrogen-bond donors (Lipinski definition) is 3. The van der Waals surface area contributed by atoms with Crippen molar-refractivity contribution >= 4 is 40.1 Å². The predicted molar refractivity (Wildman–Crippen MR) is 126 cm³/mol. The van der Waals surface area contributed by atoms with Crippen LogP contribution in [0.15, 0.2) is 48.5 Å². The molecule has 4 rings (SSSR count). The Morgan fingerprint density at radius 2 is 1.91 bits per heavy atom. The summed E-state index contributed by atoms with van der Waals surface area (Å²) in [7, 11) is 1.32. The number of halogens is 1. The van der Waals surface area contributed by atoms with Gasteiger partial charge in [0, 0.05) is 15.9 Å². The summed E-state index contributed by atoms with van der Waals surface area (Å²) in [6, 6.07) is 15.6. The fraction of sp³-hybridized carbons (Fsp3) is 0.360. The fourth-order valence-electron chi connectivity index (χ4n) is 4.60. The number of quaternary nitrogens is 1. The largest absolute Gasteiger partial charge is 0.464 e. The molecule has 3 aromatic rings. The molecule has 0 bridgehead atoms. The minimum absolute atomic E-state index is 0.118. The van der Waals surface area contributed by atoms with Crippen LogP contribution in [0.2, 0.25) is 5.02 Å². The summed E-state index contributed by atoms with van der Waals surface area (Å²) in [6.07, 6.45) is 3.28. The maximum Gasteiger partial charge on any atom is 0.356 e. The van der Waals surface area contributed by atoms with Crippen LogP contribution in [-0.4, -0.2) is 43.1 Å². The van der Waals surface area contributed by atoms with Gasteiger partial charge in [0.1, 0.15) is 5.69 Å². The minimum Gasteiger partial charge on any atom is -0.464 e. The van der Waals surface area contributed by atoms with Crippen molar-refractivity contribution in [3.63, 3.8) is 0 Å². The molecule has 1 atom stereocenters. The third-order valence-electron chi connectivity index (χ3n) is 6.52. The zero-order valence-corrected chi connectivity index (χ0v) is 19.2. The number of rotatable bonds is 6. The Morgan fingerprint density at radius 3 is 2.59 bits per heavy atom. The SMILES string of the molecule is COC(=O)c1[nH]c2ccc(Cl)cc2c1NC(=O)[C@H](C)[NH+]1CCC(Cc2ccccc2)CC1. The highest BCUT2D eigenvalue weighted by Crippen LogP contribution is 2.30. The number of fused-ring (bicyclic) bond motifs is 1. The number of benzene rings is 2. The number of H-pyrrole nitrogens is 1. The van der Waals surface area contributed by atoms with Crippen LogP contribution < -0.4 is 10.2 Å². The molecule has 6 nitrogen and oxygen atoms in total. The van der Waals surface area contributed by atoms with Crippen molar-refractivity contribution < 1.29 is 19.2 Å². The number of carbonyl (C=O) groups excluding carboxylic acids is 2. The topological polar surface area (TPSA) is 75.6 Å².